The number of aromatic nitrogens is 1. The highest BCUT2D eigenvalue weighted by molar-refractivity contribution is 5.98. The lowest BCUT2D eigenvalue weighted by atomic mass is 10.1. The van der Waals surface area contributed by atoms with Crippen LogP contribution in [0.5, 0.6) is 5.75 Å². The number of hydrogen-bond acceptors (Lipinski definition) is 4. The van der Waals surface area contributed by atoms with Crippen molar-refractivity contribution in [2.45, 2.75) is 6.92 Å². The van der Waals surface area contributed by atoms with E-state index in [1.165, 1.54) is 0 Å². The molecule has 1 amide bonds. The van der Waals surface area contributed by atoms with Gasteiger partial charge in [0.2, 0.25) is 0 Å². The Bertz CT molecular complexity index is 1190. The first-order chi connectivity index (χ1) is 14.5. The molecule has 0 fully saturated rings. The Balaban J connectivity index is 1.52. The smallest absolute Gasteiger partial charge is 0.251 e. The SMILES string of the molecule is C=C(/C=C\C=C(/C)CNC(=O)c1ccc2ncccc2c1)Oc1cccc(C#N)c1. The van der Waals surface area contributed by atoms with Gasteiger partial charge in [0.15, 0.2) is 0 Å². The first kappa shape index (κ1) is 20.6. The van der Waals surface area contributed by atoms with Crippen LogP contribution in [0.15, 0.2) is 96.9 Å². The Kier molecular flexibility index (Phi) is 6.75. The zero-order chi connectivity index (χ0) is 21.3. The van der Waals surface area contributed by atoms with Gasteiger partial charge < -0.3 is 10.1 Å². The molecule has 0 aliphatic heterocycles. The molecule has 0 bridgehead atoms. The molecule has 30 heavy (non-hydrogen) atoms. The summed E-state index contributed by atoms with van der Waals surface area (Å²) in [6.45, 7) is 6.19. The highest BCUT2D eigenvalue weighted by Crippen LogP contribution is 2.16. The number of amides is 1. The van der Waals surface area contributed by atoms with E-state index in [1.807, 2.05) is 37.3 Å². The quantitative estimate of drug-likeness (QED) is 0.455. The highest BCUT2D eigenvalue weighted by atomic mass is 16.5. The predicted molar refractivity (Wildman–Crippen MR) is 118 cm³/mol. The van der Waals surface area contributed by atoms with E-state index >= 15 is 0 Å². The van der Waals surface area contributed by atoms with Crippen molar-refractivity contribution >= 4 is 16.8 Å². The molecule has 5 heteroatoms. The summed E-state index contributed by atoms with van der Waals surface area (Å²) >= 11 is 0. The molecule has 0 unspecified atom stereocenters. The summed E-state index contributed by atoms with van der Waals surface area (Å²) in [5.74, 6) is 0.868. The van der Waals surface area contributed by atoms with Crippen LogP contribution in [0.2, 0.25) is 0 Å². The van der Waals surface area contributed by atoms with Crippen molar-refractivity contribution in [2.24, 2.45) is 0 Å². The van der Waals surface area contributed by atoms with Crippen molar-refractivity contribution in [2.75, 3.05) is 6.54 Å². The monoisotopic (exact) mass is 395 g/mol. The molecule has 3 rings (SSSR count). The maximum absolute atomic E-state index is 12.4. The molecule has 0 aliphatic carbocycles. The standard InChI is InChI=1S/C25H21N3O2/c1-18(6-3-7-19(2)30-23-10-4-8-20(14-23)16-26)17-28-25(29)22-11-12-24-21(15-22)9-5-13-27-24/h3-15H,2,17H2,1H3,(H,28,29)/b7-3-,18-6+. The number of nitriles is 1. The van der Waals surface area contributed by atoms with Crippen LogP contribution in [-0.4, -0.2) is 17.4 Å². The minimum atomic E-state index is -0.136. The zero-order valence-corrected chi connectivity index (χ0v) is 16.6. The summed E-state index contributed by atoms with van der Waals surface area (Å²) in [7, 11) is 0. The lowest BCUT2D eigenvalue weighted by molar-refractivity contribution is 0.0957. The molecule has 0 saturated heterocycles. The largest absolute Gasteiger partial charge is 0.458 e. The van der Waals surface area contributed by atoms with E-state index < -0.39 is 0 Å². The van der Waals surface area contributed by atoms with Crippen LogP contribution in [0.25, 0.3) is 10.9 Å². The number of allylic oxidation sites excluding steroid dienone is 3. The third kappa shape index (κ3) is 5.66. The predicted octanol–water partition coefficient (Wildman–Crippen LogP) is 4.93. The summed E-state index contributed by atoms with van der Waals surface area (Å²) in [5, 5.41) is 12.8. The van der Waals surface area contributed by atoms with E-state index in [4.69, 9.17) is 10.00 Å². The second-order valence-corrected chi connectivity index (χ2v) is 6.67. The van der Waals surface area contributed by atoms with Crippen molar-refractivity contribution in [3.8, 4) is 11.8 Å². The molecule has 2 aromatic carbocycles. The van der Waals surface area contributed by atoms with Crippen LogP contribution in [0.1, 0.15) is 22.8 Å². The molecule has 0 spiro atoms. The van der Waals surface area contributed by atoms with E-state index in [1.54, 1.807) is 48.7 Å². The Morgan fingerprint density at radius 3 is 2.93 bits per heavy atom. The highest BCUT2D eigenvalue weighted by Gasteiger charge is 2.06. The number of fused-ring (bicyclic) bond motifs is 1. The average Bonchev–Trinajstić information content (AvgIpc) is 2.77. The molecule has 1 N–H and O–H groups in total. The van der Waals surface area contributed by atoms with Crippen molar-refractivity contribution in [1.29, 1.82) is 5.26 Å². The van der Waals surface area contributed by atoms with Gasteiger partial charge in [-0.1, -0.05) is 36.4 Å². The number of nitrogens with one attached hydrogen (secondary N) is 1. The number of pyridine rings is 1. The fourth-order valence-electron chi connectivity index (χ4n) is 2.73. The minimum absolute atomic E-state index is 0.136. The van der Waals surface area contributed by atoms with Crippen LogP contribution in [-0.2, 0) is 0 Å². The van der Waals surface area contributed by atoms with Crippen molar-refractivity contribution in [3.63, 3.8) is 0 Å². The number of ether oxygens (including phenoxy) is 1. The Morgan fingerprint density at radius 1 is 1.23 bits per heavy atom. The first-order valence-corrected chi connectivity index (χ1v) is 9.39. The Morgan fingerprint density at radius 2 is 2.10 bits per heavy atom. The van der Waals surface area contributed by atoms with E-state index in [0.717, 1.165) is 16.5 Å². The maximum Gasteiger partial charge on any atom is 0.251 e. The van der Waals surface area contributed by atoms with Gasteiger partial charge in [-0.2, -0.15) is 5.26 Å². The number of benzene rings is 2. The molecule has 5 nitrogen and oxygen atoms in total. The third-order valence-electron chi connectivity index (χ3n) is 4.27. The van der Waals surface area contributed by atoms with Gasteiger partial charge in [-0.3, -0.25) is 9.78 Å². The average molecular weight is 395 g/mol. The molecule has 0 radical (unpaired) electrons. The van der Waals surface area contributed by atoms with Gasteiger partial charge in [0.25, 0.3) is 5.91 Å². The van der Waals surface area contributed by atoms with Gasteiger partial charge in [-0.05, 0) is 55.5 Å². The van der Waals surface area contributed by atoms with E-state index in [9.17, 15) is 4.79 Å². The number of carbonyl (C=O) groups is 1. The number of nitrogens with zero attached hydrogens (tertiary/aromatic N) is 2. The Hall–Kier alpha value is -4.17. The van der Waals surface area contributed by atoms with Gasteiger partial charge >= 0.3 is 0 Å². The molecule has 1 heterocycles. The van der Waals surface area contributed by atoms with Crippen LogP contribution in [0, 0.1) is 11.3 Å². The lowest BCUT2D eigenvalue weighted by Gasteiger charge is -2.06. The molecule has 0 aliphatic rings. The normalized spacial score (nSPS) is 11.3. The van der Waals surface area contributed by atoms with E-state index in [-0.39, 0.29) is 5.91 Å². The maximum atomic E-state index is 12.4. The number of carbonyl (C=O) groups excluding carboxylic acids is 1. The summed E-state index contributed by atoms with van der Waals surface area (Å²) in [6, 6.07) is 18.2. The second-order valence-electron chi connectivity index (χ2n) is 6.67. The topological polar surface area (TPSA) is 75.0 Å². The van der Waals surface area contributed by atoms with E-state index in [0.29, 0.717) is 29.2 Å². The van der Waals surface area contributed by atoms with Gasteiger partial charge in [0, 0.05) is 23.7 Å². The van der Waals surface area contributed by atoms with Gasteiger partial charge in [-0.15, -0.1) is 0 Å². The van der Waals surface area contributed by atoms with Crippen LogP contribution < -0.4 is 10.1 Å². The molecule has 148 valence electrons. The van der Waals surface area contributed by atoms with E-state index in [2.05, 4.69) is 22.9 Å². The zero-order valence-electron chi connectivity index (χ0n) is 16.6. The van der Waals surface area contributed by atoms with Gasteiger partial charge in [-0.25, -0.2) is 0 Å². The molecular formula is C25H21N3O2. The van der Waals surface area contributed by atoms with Gasteiger partial charge in [0.05, 0.1) is 17.1 Å². The van der Waals surface area contributed by atoms with Crippen LogP contribution in [0.4, 0.5) is 0 Å². The summed E-state index contributed by atoms with van der Waals surface area (Å²) < 4.78 is 5.59. The summed E-state index contributed by atoms with van der Waals surface area (Å²) in [4.78, 5) is 16.7. The molecule has 1 aromatic heterocycles. The lowest BCUT2D eigenvalue weighted by Crippen LogP contribution is -2.24. The molecule has 3 aromatic rings. The first-order valence-electron chi connectivity index (χ1n) is 9.39. The summed E-state index contributed by atoms with van der Waals surface area (Å²) in [6.07, 6.45) is 7.14. The minimum Gasteiger partial charge on any atom is -0.458 e. The van der Waals surface area contributed by atoms with Gasteiger partial charge in [0.1, 0.15) is 11.5 Å². The second kappa shape index (κ2) is 9.85. The fraction of sp³-hybridized carbons (Fsp3) is 0.0800. The van der Waals surface area contributed by atoms with Crippen LogP contribution in [0.3, 0.4) is 0 Å². The summed E-state index contributed by atoms with van der Waals surface area (Å²) in [5.41, 5.74) is 2.96. The fourth-order valence-corrected chi connectivity index (χ4v) is 2.73. The van der Waals surface area contributed by atoms with Crippen molar-refractivity contribution in [3.05, 3.63) is 108 Å². The molecule has 0 atom stereocenters. The van der Waals surface area contributed by atoms with Crippen LogP contribution >= 0.6 is 0 Å². The van der Waals surface area contributed by atoms with Crippen molar-refractivity contribution < 1.29 is 9.53 Å². The third-order valence-corrected chi connectivity index (χ3v) is 4.27. The molecular weight excluding hydrogens is 374 g/mol. The van der Waals surface area contributed by atoms with Crippen molar-refractivity contribution in [1.82, 2.24) is 10.3 Å². The Labute approximate surface area is 175 Å². The molecule has 0 saturated carbocycles. The number of rotatable bonds is 7. The number of hydrogen-bond donors (Lipinski definition) is 1.